The minimum absolute atomic E-state index is 0.189. The van der Waals surface area contributed by atoms with Gasteiger partial charge in [-0.25, -0.2) is 13.4 Å². The van der Waals surface area contributed by atoms with E-state index in [1.54, 1.807) is 66.7 Å². The first-order valence-corrected chi connectivity index (χ1v) is 10.6. The molecule has 0 aliphatic heterocycles. The molecule has 7 nitrogen and oxygen atoms in total. The number of benzene rings is 3. The van der Waals surface area contributed by atoms with Crippen LogP contribution in [0.3, 0.4) is 0 Å². The van der Waals surface area contributed by atoms with E-state index in [1.165, 1.54) is 0 Å². The van der Waals surface area contributed by atoms with E-state index in [-0.39, 0.29) is 11.5 Å². The summed E-state index contributed by atoms with van der Waals surface area (Å²) in [6, 6.07) is 20.6. The molecule has 0 radical (unpaired) electrons. The number of nitrogens with zero attached hydrogens (tertiary/aromatic N) is 2. The molecule has 0 saturated carbocycles. The lowest BCUT2D eigenvalue weighted by molar-refractivity contribution is 0.297. The highest BCUT2D eigenvalue weighted by Crippen LogP contribution is 2.26. The number of H-pyrrole nitrogens is 1. The monoisotopic (exact) mass is 418 g/mol. The molecule has 0 spiro atoms. The lowest BCUT2D eigenvalue weighted by Gasteiger charge is -2.10. The van der Waals surface area contributed by atoms with Crippen molar-refractivity contribution in [2.75, 3.05) is 4.72 Å². The van der Waals surface area contributed by atoms with Crippen LogP contribution in [-0.4, -0.2) is 18.4 Å². The number of nitrogens with one attached hydrogen (secondary N) is 2. The highest BCUT2D eigenvalue weighted by atomic mass is 32.2. The SMILES string of the molecule is Cc1c(NS(=O)(=O)c2ccccc2)ccc2[nH]c(COc3cccc(C#N)c3)nc12. The van der Waals surface area contributed by atoms with Gasteiger partial charge in [-0.3, -0.25) is 4.72 Å². The molecule has 1 heterocycles. The van der Waals surface area contributed by atoms with E-state index in [0.717, 1.165) is 5.52 Å². The van der Waals surface area contributed by atoms with Crippen molar-refractivity contribution in [2.24, 2.45) is 0 Å². The number of ether oxygens (including phenoxy) is 1. The van der Waals surface area contributed by atoms with E-state index in [9.17, 15) is 8.42 Å². The van der Waals surface area contributed by atoms with Crippen molar-refractivity contribution in [3.63, 3.8) is 0 Å². The van der Waals surface area contributed by atoms with Gasteiger partial charge < -0.3 is 9.72 Å². The summed E-state index contributed by atoms with van der Waals surface area (Å²) in [4.78, 5) is 7.93. The topological polar surface area (TPSA) is 108 Å². The van der Waals surface area contributed by atoms with Crippen LogP contribution in [0.4, 0.5) is 5.69 Å². The lowest BCUT2D eigenvalue weighted by atomic mass is 10.2. The maximum Gasteiger partial charge on any atom is 0.261 e. The number of fused-ring (bicyclic) bond motifs is 1. The molecule has 0 atom stereocenters. The quantitative estimate of drug-likeness (QED) is 0.490. The van der Waals surface area contributed by atoms with Gasteiger partial charge in [-0.05, 0) is 49.4 Å². The predicted octanol–water partition coefficient (Wildman–Crippen LogP) is 4.12. The number of aromatic amines is 1. The largest absolute Gasteiger partial charge is 0.486 e. The average molecular weight is 418 g/mol. The molecular formula is C22H18N4O3S. The number of hydrogen-bond acceptors (Lipinski definition) is 5. The van der Waals surface area contributed by atoms with Crippen molar-refractivity contribution >= 4 is 26.7 Å². The fraction of sp³-hybridized carbons (Fsp3) is 0.0909. The summed E-state index contributed by atoms with van der Waals surface area (Å²) in [7, 11) is -3.69. The fourth-order valence-corrected chi connectivity index (χ4v) is 4.20. The fourth-order valence-electron chi connectivity index (χ4n) is 3.05. The van der Waals surface area contributed by atoms with Crippen LogP contribution >= 0.6 is 0 Å². The van der Waals surface area contributed by atoms with Crippen molar-refractivity contribution in [2.45, 2.75) is 18.4 Å². The molecule has 30 heavy (non-hydrogen) atoms. The normalized spacial score (nSPS) is 11.2. The molecule has 4 rings (SSSR count). The standard InChI is InChI=1S/C22H18N4O3S/c1-15-19(26-30(27,28)18-8-3-2-4-9-18)10-11-20-22(15)25-21(24-20)14-29-17-7-5-6-16(12-17)13-23/h2-12,26H,14H2,1H3,(H,24,25). The summed E-state index contributed by atoms with van der Waals surface area (Å²) in [6.45, 7) is 2.00. The zero-order valence-electron chi connectivity index (χ0n) is 16.1. The second kappa shape index (κ2) is 7.89. The van der Waals surface area contributed by atoms with Crippen LogP contribution in [0.2, 0.25) is 0 Å². The summed E-state index contributed by atoms with van der Waals surface area (Å²) in [5.41, 5.74) is 3.13. The van der Waals surface area contributed by atoms with E-state index in [4.69, 9.17) is 10.00 Å². The Kier molecular flexibility index (Phi) is 5.12. The lowest BCUT2D eigenvalue weighted by Crippen LogP contribution is -2.13. The number of aryl methyl sites for hydroxylation is 1. The molecular weight excluding hydrogens is 400 g/mol. The van der Waals surface area contributed by atoms with Gasteiger partial charge in [0.15, 0.2) is 0 Å². The van der Waals surface area contributed by atoms with Crippen LogP contribution < -0.4 is 9.46 Å². The smallest absolute Gasteiger partial charge is 0.261 e. The first-order chi connectivity index (χ1) is 14.5. The first kappa shape index (κ1) is 19.5. The number of imidazole rings is 1. The van der Waals surface area contributed by atoms with Crippen LogP contribution in [0.15, 0.2) is 71.6 Å². The minimum Gasteiger partial charge on any atom is -0.486 e. The van der Waals surface area contributed by atoms with Crippen molar-refractivity contribution in [1.82, 2.24) is 9.97 Å². The number of anilines is 1. The van der Waals surface area contributed by atoms with E-state index >= 15 is 0 Å². The second-order valence-electron chi connectivity index (χ2n) is 6.66. The number of nitriles is 1. The predicted molar refractivity (Wildman–Crippen MR) is 114 cm³/mol. The number of rotatable bonds is 6. The highest BCUT2D eigenvalue weighted by Gasteiger charge is 2.17. The summed E-state index contributed by atoms with van der Waals surface area (Å²) in [6.07, 6.45) is 0. The molecule has 4 aromatic rings. The van der Waals surface area contributed by atoms with Crippen LogP contribution in [0.25, 0.3) is 11.0 Å². The van der Waals surface area contributed by atoms with Gasteiger partial charge in [0, 0.05) is 5.56 Å². The maximum absolute atomic E-state index is 12.6. The van der Waals surface area contributed by atoms with E-state index in [1.807, 2.05) is 6.92 Å². The molecule has 0 unspecified atom stereocenters. The maximum atomic E-state index is 12.6. The van der Waals surface area contributed by atoms with Gasteiger partial charge in [-0.2, -0.15) is 5.26 Å². The zero-order valence-corrected chi connectivity index (χ0v) is 16.9. The third-order valence-electron chi connectivity index (χ3n) is 4.59. The van der Waals surface area contributed by atoms with E-state index in [0.29, 0.717) is 33.9 Å². The van der Waals surface area contributed by atoms with Crippen LogP contribution in [0.1, 0.15) is 17.0 Å². The minimum atomic E-state index is -3.69. The van der Waals surface area contributed by atoms with Gasteiger partial charge in [0.25, 0.3) is 10.0 Å². The molecule has 0 bridgehead atoms. The summed E-state index contributed by atoms with van der Waals surface area (Å²) in [5, 5.41) is 8.98. The van der Waals surface area contributed by atoms with Gasteiger partial charge in [0.1, 0.15) is 18.2 Å². The Balaban J connectivity index is 1.57. The van der Waals surface area contributed by atoms with Crippen LogP contribution in [-0.2, 0) is 16.6 Å². The Bertz CT molecular complexity index is 1360. The summed E-state index contributed by atoms with van der Waals surface area (Å²) >= 11 is 0. The van der Waals surface area contributed by atoms with Crippen molar-refractivity contribution in [3.05, 3.63) is 83.7 Å². The van der Waals surface area contributed by atoms with Gasteiger partial charge >= 0.3 is 0 Å². The Morgan fingerprint density at radius 3 is 2.67 bits per heavy atom. The average Bonchev–Trinajstić information content (AvgIpc) is 3.19. The number of hydrogen-bond donors (Lipinski definition) is 2. The van der Waals surface area contributed by atoms with E-state index < -0.39 is 10.0 Å². The Morgan fingerprint density at radius 2 is 1.90 bits per heavy atom. The Morgan fingerprint density at radius 1 is 1.10 bits per heavy atom. The van der Waals surface area contributed by atoms with Crippen molar-refractivity contribution in [3.8, 4) is 11.8 Å². The second-order valence-corrected chi connectivity index (χ2v) is 8.35. The van der Waals surface area contributed by atoms with Gasteiger partial charge in [-0.1, -0.05) is 24.3 Å². The van der Waals surface area contributed by atoms with Gasteiger partial charge in [-0.15, -0.1) is 0 Å². The molecule has 8 heteroatoms. The number of aromatic nitrogens is 2. The molecule has 0 saturated heterocycles. The highest BCUT2D eigenvalue weighted by molar-refractivity contribution is 7.92. The molecule has 150 valence electrons. The third-order valence-corrected chi connectivity index (χ3v) is 5.97. The molecule has 0 aliphatic carbocycles. The summed E-state index contributed by atoms with van der Waals surface area (Å²) in [5.74, 6) is 1.17. The van der Waals surface area contributed by atoms with Crippen molar-refractivity contribution < 1.29 is 13.2 Å². The van der Waals surface area contributed by atoms with Crippen molar-refractivity contribution in [1.29, 1.82) is 5.26 Å². The Labute approximate surface area is 174 Å². The molecule has 0 aliphatic rings. The summed E-state index contributed by atoms with van der Waals surface area (Å²) < 4.78 is 33.6. The number of sulfonamides is 1. The third kappa shape index (κ3) is 3.97. The zero-order chi connectivity index (χ0) is 21.1. The van der Waals surface area contributed by atoms with Crippen LogP contribution in [0, 0.1) is 18.3 Å². The van der Waals surface area contributed by atoms with E-state index in [2.05, 4.69) is 20.8 Å². The molecule has 2 N–H and O–H groups in total. The molecule has 1 aromatic heterocycles. The molecule has 0 amide bonds. The van der Waals surface area contributed by atoms with Gasteiger partial charge in [0.05, 0.1) is 33.2 Å². The molecule has 0 fully saturated rings. The Hall–Kier alpha value is -3.83. The van der Waals surface area contributed by atoms with Crippen LogP contribution in [0.5, 0.6) is 5.75 Å². The van der Waals surface area contributed by atoms with Gasteiger partial charge in [0.2, 0.25) is 0 Å². The first-order valence-electron chi connectivity index (χ1n) is 9.15. The molecule has 3 aromatic carbocycles.